The van der Waals surface area contributed by atoms with E-state index in [1.165, 1.54) is 6.07 Å². The van der Waals surface area contributed by atoms with Crippen molar-refractivity contribution in [1.29, 1.82) is 0 Å². The second-order valence-corrected chi connectivity index (χ2v) is 18.3. The molecule has 2 saturated heterocycles. The van der Waals surface area contributed by atoms with Gasteiger partial charge in [0.05, 0.1) is 54.2 Å². The van der Waals surface area contributed by atoms with Gasteiger partial charge in [-0.25, -0.2) is 4.39 Å². The molecular weight excluding hydrogens is 935 g/mol. The summed E-state index contributed by atoms with van der Waals surface area (Å²) >= 11 is 6.79. The van der Waals surface area contributed by atoms with Crippen LogP contribution in [0.1, 0.15) is 75.1 Å². The molecule has 2 aromatic heterocycles. The van der Waals surface area contributed by atoms with E-state index >= 15 is 0 Å². The summed E-state index contributed by atoms with van der Waals surface area (Å²) < 4.78 is 35.4. The molecular formula is C48H57Br2FN6O6. The van der Waals surface area contributed by atoms with Crippen LogP contribution in [0.3, 0.4) is 0 Å². The Morgan fingerprint density at radius 1 is 0.683 bits per heavy atom. The average molecular weight is 993 g/mol. The molecule has 4 aromatic carbocycles. The van der Waals surface area contributed by atoms with Gasteiger partial charge in [0.15, 0.2) is 0 Å². The SMILES string of the molecule is COc1ccc([C@H](C)N2C[C@H]([C@@H](C)O)CC2=O)cc1.COc1ccc([C@H](C)N2C[C@H]([C@@H](C)Oc3cc(Br)cc4nn(C)c(C)c34)CC2=O)cc1.Cc1c2c(F)cc(Br)cc2nn1C. The third-order valence-corrected chi connectivity index (χ3v) is 13.4. The molecule has 2 aliphatic heterocycles. The summed E-state index contributed by atoms with van der Waals surface area (Å²) in [4.78, 5) is 28.6. The molecule has 15 heteroatoms. The molecule has 0 saturated carbocycles. The lowest BCUT2D eigenvalue weighted by Gasteiger charge is -2.27. The van der Waals surface area contributed by atoms with Crippen LogP contribution >= 0.6 is 31.9 Å². The molecule has 0 spiro atoms. The molecule has 0 bridgehead atoms. The van der Waals surface area contributed by atoms with E-state index in [2.05, 4.69) is 55.9 Å². The standard InChI is InChI=1S/C24H28BrN3O3.C15H21NO3.C9H8BrFN2/c1-14(17-6-8-20(30-5)9-7-17)28-13-18(10-23(28)29)16(3)31-22-12-19(25)11-21-24(22)15(2)27(4)26-21;1-10(12-4-6-14(19-3)7-5-12)16-9-13(11(2)17)8-15(16)18;1-5-9-7(11)3-6(10)4-8(9)12-13(5)2/h6-9,11-12,14,16,18H,10,13H2,1-5H3;4-7,10-11,13,17H,8-9H2,1-3H3;3-4H,1-2H3/t14-,16+,18+;10-,11+,13+;/m00./s1. The number of aromatic nitrogens is 4. The molecule has 6 aromatic rings. The van der Waals surface area contributed by atoms with Crippen LogP contribution in [0.5, 0.6) is 17.2 Å². The Balaban J connectivity index is 0.000000175. The Morgan fingerprint density at radius 2 is 1.11 bits per heavy atom. The summed E-state index contributed by atoms with van der Waals surface area (Å²) in [6, 6.07) is 23.0. The smallest absolute Gasteiger partial charge is 0.223 e. The minimum Gasteiger partial charge on any atom is -0.497 e. The summed E-state index contributed by atoms with van der Waals surface area (Å²) in [5, 5.41) is 20.0. The van der Waals surface area contributed by atoms with Gasteiger partial charge in [-0.1, -0.05) is 56.1 Å². The first kappa shape index (κ1) is 47.5. The van der Waals surface area contributed by atoms with Crippen LogP contribution in [0.4, 0.5) is 4.39 Å². The van der Waals surface area contributed by atoms with E-state index in [0.29, 0.717) is 36.8 Å². The van der Waals surface area contributed by atoms with E-state index in [-0.39, 0.29) is 47.7 Å². The number of nitrogens with zero attached hydrogens (tertiary/aromatic N) is 6. The minimum absolute atomic E-state index is 0.00810. The Bertz CT molecular complexity index is 2560. The quantitative estimate of drug-likeness (QED) is 0.144. The van der Waals surface area contributed by atoms with E-state index in [9.17, 15) is 19.1 Å². The fourth-order valence-corrected chi connectivity index (χ4v) is 9.07. The van der Waals surface area contributed by atoms with Gasteiger partial charge in [-0.3, -0.25) is 19.0 Å². The molecule has 336 valence electrons. The second kappa shape index (κ2) is 20.2. The van der Waals surface area contributed by atoms with Crippen molar-refractivity contribution in [2.45, 2.75) is 78.7 Å². The number of carbonyl (C=O) groups excluding carboxylic acids is 2. The molecule has 6 atom stereocenters. The third-order valence-electron chi connectivity index (χ3n) is 12.5. The summed E-state index contributed by atoms with van der Waals surface area (Å²) in [6.07, 6.45) is 0.398. The number of halogens is 3. The van der Waals surface area contributed by atoms with Gasteiger partial charge in [-0.2, -0.15) is 10.2 Å². The van der Waals surface area contributed by atoms with E-state index in [1.54, 1.807) is 25.8 Å². The molecule has 12 nitrogen and oxygen atoms in total. The maximum absolute atomic E-state index is 13.4. The Morgan fingerprint density at radius 3 is 1.57 bits per heavy atom. The van der Waals surface area contributed by atoms with Gasteiger partial charge < -0.3 is 29.1 Å². The lowest BCUT2D eigenvalue weighted by molar-refractivity contribution is -0.130. The lowest BCUT2D eigenvalue weighted by atomic mass is 10.0. The fraction of sp³-hybridized carbons (Fsp3) is 0.417. The molecule has 2 amide bonds. The highest BCUT2D eigenvalue weighted by molar-refractivity contribution is 9.10. The van der Waals surface area contributed by atoms with E-state index in [0.717, 1.165) is 59.6 Å². The summed E-state index contributed by atoms with van der Waals surface area (Å²) in [6.45, 7) is 13.1. The highest BCUT2D eigenvalue weighted by Crippen LogP contribution is 2.37. The highest BCUT2D eigenvalue weighted by Gasteiger charge is 2.38. The Kier molecular flexibility index (Phi) is 15.3. The van der Waals surface area contributed by atoms with Crippen LogP contribution in [0.15, 0.2) is 81.7 Å². The monoisotopic (exact) mass is 990 g/mol. The van der Waals surface area contributed by atoms with Crippen molar-refractivity contribution in [3.05, 3.63) is 110 Å². The van der Waals surface area contributed by atoms with Crippen molar-refractivity contribution in [2.75, 3.05) is 27.3 Å². The molecule has 63 heavy (non-hydrogen) atoms. The zero-order chi connectivity index (χ0) is 45.9. The van der Waals surface area contributed by atoms with Crippen LogP contribution < -0.4 is 14.2 Å². The maximum Gasteiger partial charge on any atom is 0.223 e. The number of hydrogen-bond acceptors (Lipinski definition) is 8. The van der Waals surface area contributed by atoms with Gasteiger partial charge in [0.2, 0.25) is 11.8 Å². The zero-order valence-electron chi connectivity index (χ0n) is 37.5. The van der Waals surface area contributed by atoms with Gasteiger partial charge in [-0.05, 0) is 101 Å². The number of benzene rings is 4. The van der Waals surface area contributed by atoms with Crippen molar-refractivity contribution in [1.82, 2.24) is 29.4 Å². The largest absolute Gasteiger partial charge is 0.497 e. The zero-order valence-corrected chi connectivity index (χ0v) is 40.7. The number of fused-ring (bicyclic) bond motifs is 2. The normalized spacial score (nSPS) is 18.1. The van der Waals surface area contributed by atoms with E-state index in [4.69, 9.17) is 14.2 Å². The van der Waals surface area contributed by atoms with E-state index in [1.807, 2.05) is 116 Å². The van der Waals surface area contributed by atoms with Crippen LogP contribution in [0.25, 0.3) is 21.8 Å². The summed E-state index contributed by atoms with van der Waals surface area (Å²) in [5.41, 5.74) is 5.67. The topological polar surface area (TPSA) is 124 Å². The predicted molar refractivity (Wildman–Crippen MR) is 250 cm³/mol. The number of likely N-dealkylation sites (tertiary alicyclic amines) is 2. The van der Waals surface area contributed by atoms with Crippen molar-refractivity contribution < 1.29 is 33.3 Å². The third kappa shape index (κ3) is 10.7. The number of rotatable bonds is 10. The van der Waals surface area contributed by atoms with Gasteiger partial charge in [0, 0.05) is 72.2 Å². The molecule has 1 N–H and O–H groups in total. The molecule has 8 rings (SSSR count). The van der Waals surface area contributed by atoms with Crippen molar-refractivity contribution >= 4 is 65.5 Å². The minimum atomic E-state index is -0.433. The average Bonchev–Trinajstić information content (AvgIpc) is 4.00. The predicted octanol–water partition coefficient (Wildman–Crippen LogP) is 9.80. The Hall–Kier alpha value is -4.99. The van der Waals surface area contributed by atoms with Crippen molar-refractivity contribution in [3.63, 3.8) is 0 Å². The number of methoxy groups -OCH3 is 2. The molecule has 4 heterocycles. The van der Waals surface area contributed by atoms with Crippen LogP contribution in [0.2, 0.25) is 0 Å². The van der Waals surface area contributed by atoms with E-state index < -0.39 is 6.10 Å². The van der Waals surface area contributed by atoms with Crippen molar-refractivity contribution in [3.8, 4) is 17.2 Å². The lowest BCUT2D eigenvalue weighted by Crippen LogP contribution is -2.31. The number of hydrogen-bond donors (Lipinski definition) is 1. The first-order valence-electron chi connectivity index (χ1n) is 21.0. The summed E-state index contributed by atoms with van der Waals surface area (Å²) in [7, 11) is 7.03. The number of amides is 2. The van der Waals surface area contributed by atoms with Crippen LogP contribution in [-0.4, -0.2) is 85.8 Å². The first-order valence-corrected chi connectivity index (χ1v) is 22.6. The van der Waals surface area contributed by atoms with Crippen molar-refractivity contribution in [2.24, 2.45) is 25.9 Å². The Labute approximate surface area is 385 Å². The molecule has 2 aliphatic rings. The van der Waals surface area contributed by atoms with Gasteiger partial charge in [-0.15, -0.1) is 0 Å². The van der Waals surface area contributed by atoms with Crippen LogP contribution in [0, 0.1) is 31.5 Å². The number of aliphatic hydroxyl groups excluding tert-OH is 1. The number of aliphatic hydroxyl groups is 1. The van der Waals surface area contributed by atoms with Gasteiger partial charge in [0.1, 0.15) is 29.2 Å². The fourth-order valence-electron chi connectivity index (χ4n) is 8.23. The molecule has 0 radical (unpaired) electrons. The molecule has 0 unspecified atom stereocenters. The second-order valence-electron chi connectivity index (χ2n) is 16.5. The number of aryl methyl sites for hydroxylation is 4. The van der Waals surface area contributed by atoms with Crippen LogP contribution in [-0.2, 0) is 23.7 Å². The maximum atomic E-state index is 13.4. The first-order chi connectivity index (χ1) is 29.9. The summed E-state index contributed by atoms with van der Waals surface area (Å²) in [5.74, 6) is 2.66. The van der Waals surface area contributed by atoms with Gasteiger partial charge in [0.25, 0.3) is 0 Å². The molecule has 0 aliphatic carbocycles. The number of ether oxygens (including phenoxy) is 3. The van der Waals surface area contributed by atoms with Gasteiger partial charge >= 0.3 is 0 Å². The highest BCUT2D eigenvalue weighted by atomic mass is 79.9. The molecule has 2 fully saturated rings. The number of carbonyl (C=O) groups is 2.